The van der Waals surface area contributed by atoms with Crippen molar-refractivity contribution >= 4 is 28.8 Å². The molecule has 0 aliphatic rings. The van der Waals surface area contributed by atoms with Crippen LogP contribution in [0.4, 0.5) is 0 Å². The van der Waals surface area contributed by atoms with E-state index in [0.717, 1.165) is 10.4 Å². The van der Waals surface area contributed by atoms with Gasteiger partial charge in [0, 0.05) is 9.90 Å². The van der Waals surface area contributed by atoms with E-state index in [9.17, 15) is 4.79 Å². The fourth-order valence-corrected chi connectivity index (χ4v) is 2.87. The summed E-state index contributed by atoms with van der Waals surface area (Å²) in [5, 5.41) is 15.5. The molecule has 0 unspecified atom stereocenters. The van der Waals surface area contributed by atoms with Crippen LogP contribution in [0.5, 0.6) is 0 Å². The first kappa shape index (κ1) is 13.8. The van der Waals surface area contributed by atoms with Crippen LogP contribution < -0.4 is 5.32 Å². The molecule has 0 radical (unpaired) electrons. The number of hydrogen-bond donors (Lipinski definition) is 2. The van der Waals surface area contributed by atoms with Gasteiger partial charge in [0.15, 0.2) is 5.69 Å². The minimum atomic E-state index is -0.280. The minimum Gasteiger partial charge on any atom is -0.339 e. The Balaban J connectivity index is 1.90. The number of benzene rings is 1. The molecular weight excluding hydrogens is 308 g/mol. The van der Waals surface area contributed by atoms with E-state index in [1.165, 1.54) is 6.20 Å². The minimum absolute atomic E-state index is 0.244. The van der Waals surface area contributed by atoms with Crippen LogP contribution in [0.3, 0.4) is 0 Å². The smallest absolute Gasteiger partial charge is 0.274 e. The van der Waals surface area contributed by atoms with Gasteiger partial charge in [-0.25, -0.2) is 0 Å². The lowest BCUT2D eigenvalue weighted by molar-refractivity contribution is 0.0938. The van der Waals surface area contributed by atoms with Gasteiger partial charge in [0.25, 0.3) is 5.91 Å². The molecule has 21 heavy (non-hydrogen) atoms. The first-order chi connectivity index (χ1) is 10.2. The topological polar surface area (TPSA) is 70.7 Å². The fraction of sp³-hybridized carbons (Fsp3) is 0.0714. The highest BCUT2D eigenvalue weighted by atomic mass is 35.5. The van der Waals surface area contributed by atoms with E-state index in [-0.39, 0.29) is 17.6 Å². The van der Waals surface area contributed by atoms with Crippen LogP contribution in [0.15, 0.2) is 48.0 Å². The summed E-state index contributed by atoms with van der Waals surface area (Å²) in [6.07, 6.45) is 1.39. The lowest BCUT2D eigenvalue weighted by Crippen LogP contribution is -2.29. The molecule has 0 fully saturated rings. The Hall–Kier alpha value is -2.18. The van der Waals surface area contributed by atoms with Crippen molar-refractivity contribution in [2.75, 3.05) is 0 Å². The van der Waals surface area contributed by atoms with E-state index >= 15 is 0 Å². The summed E-state index contributed by atoms with van der Waals surface area (Å²) in [5.74, 6) is -0.280. The maximum Gasteiger partial charge on any atom is 0.274 e. The Bertz CT molecular complexity index is 710. The number of nitrogens with one attached hydrogen (secondary N) is 2. The van der Waals surface area contributed by atoms with E-state index < -0.39 is 0 Å². The van der Waals surface area contributed by atoms with Crippen molar-refractivity contribution in [1.82, 2.24) is 20.7 Å². The number of aromatic amines is 1. The Morgan fingerprint density at radius 1 is 1.29 bits per heavy atom. The Labute approximate surface area is 130 Å². The predicted molar refractivity (Wildman–Crippen MR) is 81.5 cm³/mol. The predicted octanol–water partition coefficient (Wildman–Crippen LogP) is 3.04. The molecule has 3 aromatic rings. The molecule has 0 saturated heterocycles. The quantitative estimate of drug-likeness (QED) is 0.776. The number of hydrogen-bond acceptors (Lipinski definition) is 4. The number of H-pyrrole nitrogens is 1. The standard InChI is InChI=1S/C14H11ClN4OS/c15-10-5-3-9(4-6-10)13(12-2-1-7-21-12)17-14(20)11-8-16-19-18-11/h1-8,13H,(H,17,20)(H,16,18,19)/t13-/m0/s1. The summed E-state index contributed by atoms with van der Waals surface area (Å²) in [5.41, 5.74) is 1.21. The molecule has 106 valence electrons. The van der Waals surface area contributed by atoms with Gasteiger partial charge < -0.3 is 5.32 Å². The molecule has 2 aromatic heterocycles. The maximum absolute atomic E-state index is 12.2. The van der Waals surface area contributed by atoms with Crippen LogP contribution in [0, 0.1) is 0 Å². The van der Waals surface area contributed by atoms with Crippen LogP contribution in [-0.4, -0.2) is 21.3 Å². The lowest BCUT2D eigenvalue weighted by Gasteiger charge is -2.17. The van der Waals surface area contributed by atoms with Crippen molar-refractivity contribution in [1.29, 1.82) is 0 Å². The number of carbonyl (C=O) groups is 1. The summed E-state index contributed by atoms with van der Waals surface area (Å²) in [7, 11) is 0. The average Bonchev–Trinajstić information content (AvgIpc) is 3.19. The average molecular weight is 319 g/mol. The molecule has 1 aromatic carbocycles. The number of halogens is 1. The zero-order chi connectivity index (χ0) is 14.7. The van der Waals surface area contributed by atoms with Crippen LogP contribution in [0.25, 0.3) is 0 Å². The van der Waals surface area contributed by atoms with Crippen LogP contribution >= 0.6 is 22.9 Å². The number of thiophene rings is 1. The second-order valence-electron chi connectivity index (χ2n) is 4.33. The van der Waals surface area contributed by atoms with Crippen LogP contribution in [-0.2, 0) is 0 Å². The monoisotopic (exact) mass is 318 g/mol. The van der Waals surface area contributed by atoms with Gasteiger partial charge >= 0.3 is 0 Å². The number of carbonyl (C=O) groups excluding carboxylic acids is 1. The van der Waals surface area contributed by atoms with E-state index in [4.69, 9.17) is 11.6 Å². The SMILES string of the molecule is O=C(N[C@@H](c1ccc(Cl)cc1)c1cccs1)c1cn[nH]n1. The van der Waals surface area contributed by atoms with Crippen molar-refractivity contribution in [2.24, 2.45) is 0 Å². The van der Waals surface area contributed by atoms with Gasteiger partial charge in [0.05, 0.1) is 12.2 Å². The molecule has 0 aliphatic carbocycles. The lowest BCUT2D eigenvalue weighted by atomic mass is 10.1. The Morgan fingerprint density at radius 2 is 2.10 bits per heavy atom. The third kappa shape index (κ3) is 3.12. The second kappa shape index (κ2) is 6.07. The first-order valence-electron chi connectivity index (χ1n) is 6.19. The van der Waals surface area contributed by atoms with Gasteiger partial charge in [-0.2, -0.15) is 15.4 Å². The molecule has 0 saturated carbocycles. The molecule has 0 spiro atoms. The Morgan fingerprint density at radius 3 is 2.71 bits per heavy atom. The highest BCUT2D eigenvalue weighted by Crippen LogP contribution is 2.27. The van der Waals surface area contributed by atoms with E-state index in [0.29, 0.717) is 5.02 Å². The van der Waals surface area contributed by atoms with Crippen molar-refractivity contribution in [3.05, 3.63) is 69.1 Å². The number of rotatable bonds is 4. The third-order valence-electron chi connectivity index (χ3n) is 2.95. The highest BCUT2D eigenvalue weighted by Gasteiger charge is 2.19. The van der Waals surface area contributed by atoms with Crippen LogP contribution in [0.1, 0.15) is 27.0 Å². The van der Waals surface area contributed by atoms with Gasteiger partial charge in [-0.3, -0.25) is 4.79 Å². The normalized spacial score (nSPS) is 12.0. The van der Waals surface area contributed by atoms with Crippen molar-refractivity contribution < 1.29 is 4.79 Å². The zero-order valence-electron chi connectivity index (χ0n) is 10.8. The van der Waals surface area contributed by atoms with E-state index in [1.807, 2.05) is 29.6 Å². The largest absolute Gasteiger partial charge is 0.339 e. The van der Waals surface area contributed by atoms with Crippen molar-refractivity contribution in [3.8, 4) is 0 Å². The van der Waals surface area contributed by atoms with Gasteiger partial charge in [-0.15, -0.1) is 11.3 Å². The molecule has 5 nitrogen and oxygen atoms in total. The van der Waals surface area contributed by atoms with Crippen molar-refractivity contribution in [2.45, 2.75) is 6.04 Å². The second-order valence-corrected chi connectivity index (χ2v) is 5.74. The fourth-order valence-electron chi connectivity index (χ4n) is 1.95. The van der Waals surface area contributed by atoms with Crippen LogP contribution in [0.2, 0.25) is 5.02 Å². The molecule has 0 bridgehead atoms. The summed E-state index contributed by atoms with van der Waals surface area (Å²) in [6, 6.07) is 11.1. The van der Waals surface area contributed by atoms with E-state index in [1.54, 1.807) is 23.5 Å². The van der Waals surface area contributed by atoms with E-state index in [2.05, 4.69) is 20.7 Å². The summed E-state index contributed by atoms with van der Waals surface area (Å²) < 4.78 is 0. The molecular formula is C14H11ClN4OS. The maximum atomic E-state index is 12.2. The zero-order valence-corrected chi connectivity index (χ0v) is 12.4. The van der Waals surface area contributed by atoms with Gasteiger partial charge in [0.1, 0.15) is 0 Å². The molecule has 3 rings (SSSR count). The number of amides is 1. The molecule has 1 amide bonds. The Kier molecular flexibility index (Phi) is 3.98. The van der Waals surface area contributed by atoms with Crippen molar-refractivity contribution in [3.63, 3.8) is 0 Å². The van der Waals surface area contributed by atoms with Gasteiger partial charge in [0.2, 0.25) is 0 Å². The number of nitrogens with zero attached hydrogens (tertiary/aromatic N) is 2. The molecule has 7 heteroatoms. The molecule has 2 heterocycles. The highest BCUT2D eigenvalue weighted by molar-refractivity contribution is 7.10. The molecule has 0 aliphatic heterocycles. The third-order valence-corrected chi connectivity index (χ3v) is 4.14. The first-order valence-corrected chi connectivity index (χ1v) is 7.45. The number of aromatic nitrogens is 3. The van der Waals surface area contributed by atoms with Gasteiger partial charge in [-0.1, -0.05) is 29.8 Å². The molecule has 1 atom stereocenters. The summed E-state index contributed by atoms with van der Waals surface area (Å²) in [4.78, 5) is 13.2. The van der Waals surface area contributed by atoms with Gasteiger partial charge in [-0.05, 0) is 29.1 Å². The summed E-state index contributed by atoms with van der Waals surface area (Å²) in [6.45, 7) is 0. The molecule has 2 N–H and O–H groups in total. The summed E-state index contributed by atoms with van der Waals surface area (Å²) >= 11 is 7.50.